The van der Waals surface area contributed by atoms with Gasteiger partial charge in [0.2, 0.25) is 0 Å². The zero-order chi connectivity index (χ0) is 17.8. The highest BCUT2D eigenvalue weighted by Crippen LogP contribution is 2.28. The standard InChI is InChI=1S/C19H21ClN2O3/c1-3-25-16-5-4-13-8-9-22(12-14(13)10-16)19(23)21-18-7-6-15(24-2)11-17(18)20/h4-7,10-11H,3,8-9,12H2,1-2H3,(H,21,23). The van der Waals surface area contributed by atoms with Crippen molar-refractivity contribution >= 4 is 23.3 Å². The van der Waals surface area contributed by atoms with Crippen molar-refractivity contribution in [1.82, 2.24) is 4.90 Å². The molecule has 0 fully saturated rings. The fourth-order valence-electron chi connectivity index (χ4n) is 2.88. The van der Waals surface area contributed by atoms with Gasteiger partial charge < -0.3 is 19.7 Å². The van der Waals surface area contributed by atoms with Crippen molar-refractivity contribution in [2.75, 3.05) is 25.6 Å². The highest BCUT2D eigenvalue weighted by molar-refractivity contribution is 6.33. The summed E-state index contributed by atoms with van der Waals surface area (Å²) in [5, 5.41) is 3.32. The predicted molar refractivity (Wildman–Crippen MR) is 98.7 cm³/mol. The van der Waals surface area contributed by atoms with Crippen molar-refractivity contribution in [1.29, 1.82) is 0 Å². The Bertz CT molecular complexity index is 779. The van der Waals surface area contributed by atoms with E-state index < -0.39 is 0 Å². The number of carbonyl (C=O) groups is 1. The number of anilines is 1. The van der Waals surface area contributed by atoms with Crippen molar-refractivity contribution in [2.45, 2.75) is 19.9 Å². The Morgan fingerprint density at radius 1 is 1.20 bits per heavy atom. The Morgan fingerprint density at radius 3 is 2.72 bits per heavy atom. The molecule has 2 aromatic rings. The van der Waals surface area contributed by atoms with Crippen molar-refractivity contribution < 1.29 is 14.3 Å². The minimum Gasteiger partial charge on any atom is -0.497 e. The normalized spacial score (nSPS) is 13.2. The van der Waals surface area contributed by atoms with Gasteiger partial charge in [0, 0.05) is 19.2 Å². The maximum absolute atomic E-state index is 12.6. The molecular weight excluding hydrogens is 340 g/mol. The molecule has 3 rings (SSSR count). The van der Waals surface area contributed by atoms with Crippen LogP contribution in [0.15, 0.2) is 36.4 Å². The molecule has 0 saturated carbocycles. The number of carbonyl (C=O) groups excluding carboxylic acids is 1. The first kappa shape index (κ1) is 17.4. The van der Waals surface area contributed by atoms with E-state index in [-0.39, 0.29) is 6.03 Å². The van der Waals surface area contributed by atoms with Gasteiger partial charge in [0.15, 0.2) is 0 Å². The first-order valence-electron chi connectivity index (χ1n) is 8.24. The SMILES string of the molecule is CCOc1ccc2c(c1)CN(C(=O)Nc1ccc(OC)cc1Cl)CC2. The molecule has 132 valence electrons. The Hall–Kier alpha value is -2.40. The van der Waals surface area contributed by atoms with E-state index in [4.69, 9.17) is 21.1 Å². The topological polar surface area (TPSA) is 50.8 Å². The molecule has 1 N–H and O–H groups in total. The molecule has 2 aromatic carbocycles. The fourth-order valence-corrected chi connectivity index (χ4v) is 3.10. The van der Waals surface area contributed by atoms with Crippen LogP contribution in [0.5, 0.6) is 11.5 Å². The zero-order valence-corrected chi connectivity index (χ0v) is 15.1. The van der Waals surface area contributed by atoms with Crippen molar-refractivity contribution in [3.63, 3.8) is 0 Å². The van der Waals surface area contributed by atoms with Crippen LogP contribution in [0.1, 0.15) is 18.1 Å². The van der Waals surface area contributed by atoms with Gasteiger partial charge in [-0.2, -0.15) is 0 Å². The van der Waals surface area contributed by atoms with E-state index in [1.165, 1.54) is 5.56 Å². The molecule has 1 heterocycles. The number of nitrogens with one attached hydrogen (secondary N) is 1. The number of fused-ring (bicyclic) bond motifs is 1. The molecule has 0 atom stereocenters. The number of halogens is 1. The maximum Gasteiger partial charge on any atom is 0.322 e. The predicted octanol–water partition coefficient (Wildman–Crippen LogP) is 4.34. The lowest BCUT2D eigenvalue weighted by atomic mass is 10.00. The number of hydrogen-bond donors (Lipinski definition) is 1. The first-order valence-corrected chi connectivity index (χ1v) is 8.62. The second-order valence-electron chi connectivity index (χ2n) is 5.81. The van der Waals surface area contributed by atoms with Gasteiger partial charge in [0.1, 0.15) is 11.5 Å². The van der Waals surface area contributed by atoms with E-state index in [0.717, 1.165) is 17.7 Å². The summed E-state index contributed by atoms with van der Waals surface area (Å²) in [4.78, 5) is 14.4. The first-order chi connectivity index (χ1) is 12.1. The molecule has 0 unspecified atom stereocenters. The van der Waals surface area contributed by atoms with Crippen molar-refractivity contribution in [3.8, 4) is 11.5 Å². The van der Waals surface area contributed by atoms with E-state index in [1.54, 1.807) is 30.2 Å². The van der Waals surface area contributed by atoms with Crippen molar-refractivity contribution in [2.24, 2.45) is 0 Å². The summed E-state index contributed by atoms with van der Waals surface area (Å²) in [6, 6.07) is 11.1. The lowest BCUT2D eigenvalue weighted by molar-refractivity contribution is 0.206. The van der Waals surface area contributed by atoms with Crippen LogP contribution < -0.4 is 14.8 Å². The molecule has 6 heteroatoms. The lowest BCUT2D eigenvalue weighted by Crippen LogP contribution is -2.38. The molecule has 0 spiro atoms. The van der Waals surface area contributed by atoms with Gasteiger partial charge in [0.05, 0.1) is 24.4 Å². The average molecular weight is 361 g/mol. The third kappa shape index (κ3) is 3.99. The van der Waals surface area contributed by atoms with Crippen LogP contribution in [0.3, 0.4) is 0 Å². The van der Waals surface area contributed by atoms with Gasteiger partial charge in [-0.05, 0) is 48.7 Å². The number of ether oxygens (including phenoxy) is 2. The van der Waals surface area contributed by atoms with Gasteiger partial charge >= 0.3 is 6.03 Å². The number of urea groups is 1. The van der Waals surface area contributed by atoms with Crippen LogP contribution >= 0.6 is 11.6 Å². The molecule has 1 aliphatic rings. The van der Waals surface area contributed by atoms with Crippen molar-refractivity contribution in [3.05, 3.63) is 52.5 Å². The monoisotopic (exact) mass is 360 g/mol. The van der Waals surface area contributed by atoms with E-state index >= 15 is 0 Å². The maximum atomic E-state index is 12.6. The van der Waals surface area contributed by atoms with Crippen LogP contribution in [0.4, 0.5) is 10.5 Å². The van der Waals surface area contributed by atoms with Crippen LogP contribution in [0.25, 0.3) is 0 Å². The third-order valence-electron chi connectivity index (χ3n) is 4.21. The van der Waals surface area contributed by atoms with Crippen LogP contribution in [-0.4, -0.2) is 31.2 Å². The number of amides is 2. The molecule has 0 radical (unpaired) electrons. The highest BCUT2D eigenvalue weighted by Gasteiger charge is 2.21. The minimum absolute atomic E-state index is 0.167. The number of rotatable bonds is 4. The number of nitrogens with zero attached hydrogens (tertiary/aromatic N) is 1. The second-order valence-corrected chi connectivity index (χ2v) is 6.22. The molecule has 0 bridgehead atoms. The highest BCUT2D eigenvalue weighted by atomic mass is 35.5. The molecule has 5 nitrogen and oxygen atoms in total. The molecule has 25 heavy (non-hydrogen) atoms. The molecule has 2 amide bonds. The number of hydrogen-bond acceptors (Lipinski definition) is 3. The van der Waals surface area contributed by atoms with Gasteiger partial charge in [-0.3, -0.25) is 0 Å². The number of methoxy groups -OCH3 is 1. The van der Waals surface area contributed by atoms with Gasteiger partial charge in [0.25, 0.3) is 0 Å². The summed E-state index contributed by atoms with van der Waals surface area (Å²) >= 11 is 6.20. The smallest absolute Gasteiger partial charge is 0.322 e. The van der Waals surface area contributed by atoms with E-state index in [9.17, 15) is 4.79 Å². The Labute approximate surface area is 152 Å². The van der Waals surface area contributed by atoms with Gasteiger partial charge in [-0.15, -0.1) is 0 Å². The second kappa shape index (κ2) is 7.66. The minimum atomic E-state index is -0.167. The Kier molecular flexibility index (Phi) is 5.34. The number of benzene rings is 2. The average Bonchev–Trinajstić information content (AvgIpc) is 2.63. The Morgan fingerprint density at radius 2 is 2.00 bits per heavy atom. The van der Waals surface area contributed by atoms with Gasteiger partial charge in [-0.1, -0.05) is 17.7 Å². The molecule has 0 saturated heterocycles. The summed E-state index contributed by atoms with van der Waals surface area (Å²) in [5.41, 5.74) is 2.95. The fraction of sp³-hybridized carbons (Fsp3) is 0.316. The largest absolute Gasteiger partial charge is 0.497 e. The van der Waals surface area contributed by atoms with E-state index in [1.807, 2.05) is 19.1 Å². The van der Waals surface area contributed by atoms with E-state index in [0.29, 0.717) is 36.2 Å². The quantitative estimate of drug-likeness (QED) is 0.882. The molecular formula is C19H21ClN2O3. The molecule has 1 aliphatic heterocycles. The summed E-state index contributed by atoms with van der Waals surface area (Å²) in [7, 11) is 1.58. The summed E-state index contributed by atoms with van der Waals surface area (Å²) in [6.45, 7) is 3.80. The van der Waals surface area contributed by atoms with Crippen LogP contribution in [0, 0.1) is 0 Å². The molecule has 0 aromatic heterocycles. The van der Waals surface area contributed by atoms with E-state index in [2.05, 4.69) is 11.4 Å². The van der Waals surface area contributed by atoms with Crippen LogP contribution in [0.2, 0.25) is 5.02 Å². The van der Waals surface area contributed by atoms with Gasteiger partial charge in [-0.25, -0.2) is 4.79 Å². The van der Waals surface area contributed by atoms with Crippen LogP contribution in [-0.2, 0) is 13.0 Å². The zero-order valence-electron chi connectivity index (χ0n) is 14.3. The summed E-state index contributed by atoms with van der Waals surface area (Å²) < 4.78 is 10.7. The lowest BCUT2D eigenvalue weighted by Gasteiger charge is -2.29. The summed E-state index contributed by atoms with van der Waals surface area (Å²) in [5.74, 6) is 1.49. The molecule has 0 aliphatic carbocycles. The summed E-state index contributed by atoms with van der Waals surface area (Å²) in [6.07, 6.45) is 0.825. The third-order valence-corrected chi connectivity index (χ3v) is 4.52. The Balaban J connectivity index is 1.70.